The molecule has 0 fully saturated rings. The van der Waals surface area contributed by atoms with Crippen LogP contribution in [0.1, 0.15) is 5.56 Å². The molecule has 0 aliphatic carbocycles. The molecule has 124 valence electrons. The number of hydrogen-bond donors (Lipinski definition) is 3. The summed E-state index contributed by atoms with van der Waals surface area (Å²) in [4.78, 5) is 14.6. The van der Waals surface area contributed by atoms with Crippen LogP contribution in [0.2, 0.25) is 0 Å². The lowest BCUT2D eigenvalue weighted by Gasteiger charge is -2.09. The second-order valence-electron chi connectivity index (χ2n) is 6.00. The summed E-state index contributed by atoms with van der Waals surface area (Å²) in [5.74, 6) is -0.635. The maximum atomic E-state index is 14.4. The van der Waals surface area contributed by atoms with Gasteiger partial charge in [-0.25, -0.2) is 4.39 Å². The number of hydrogen-bond acceptors (Lipinski definition) is 2. The third kappa shape index (κ3) is 2.50. The van der Waals surface area contributed by atoms with E-state index in [9.17, 15) is 14.3 Å². The van der Waals surface area contributed by atoms with E-state index in [0.717, 1.165) is 27.4 Å². The number of benzene rings is 3. The van der Waals surface area contributed by atoms with Crippen LogP contribution in [0.4, 0.5) is 4.39 Å². The van der Waals surface area contributed by atoms with Gasteiger partial charge in [0.25, 0.3) is 0 Å². The van der Waals surface area contributed by atoms with E-state index < -0.39 is 5.91 Å². The fourth-order valence-corrected chi connectivity index (χ4v) is 3.30. The predicted octanol–water partition coefficient (Wildman–Crippen LogP) is 3.86. The molecular formula is C20H15FN2O2. The van der Waals surface area contributed by atoms with E-state index in [-0.39, 0.29) is 18.0 Å². The first kappa shape index (κ1) is 15.2. The van der Waals surface area contributed by atoms with Crippen molar-refractivity contribution in [2.45, 2.75) is 6.42 Å². The fourth-order valence-electron chi connectivity index (χ4n) is 3.30. The SMILES string of the molecule is NC(=O)Cc1ccc(-c2ccccc2F)c2c1[nH]c1cc(O)ccc12. The Hall–Kier alpha value is -3.34. The maximum Gasteiger partial charge on any atom is 0.221 e. The largest absolute Gasteiger partial charge is 0.508 e. The number of aromatic hydroxyl groups is 1. The van der Waals surface area contributed by atoms with E-state index in [1.807, 2.05) is 0 Å². The predicted molar refractivity (Wildman–Crippen MR) is 95.8 cm³/mol. The number of nitrogens with two attached hydrogens (primary N) is 1. The fraction of sp³-hybridized carbons (Fsp3) is 0.0500. The molecule has 0 spiro atoms. The van der Waals surface area contributed by atoms with Crippen molar-refractivity contribution in [3.8, 4) is 16.9 Å². The molecule has 25 heavy (non-hydrogen) atoms. The van der Waals surface area contributed by atoms with Crippen LogP contribution in [0.15, 0.2) is 54.6 Å². The van der Waals surface area contributed by atoms with Gasteiger partial charge in [-0.15, -0.1) is 0 Å². The van der Waals surface area contributed by atoms with E-state index in [2.05, 4.69) is 4.98 Å². The van der Waals surface area contributed by atoms with E-state index >= 15 is 0 Å². The number of rotatable bonds is 3. The summed E-state index contributed by atoms with van der Waals surface area (Å²) in [5, 5.41) is 11.4. The molecule has 1 heterocycles. The lowest BCUT2D eigenvalue weighted by Crippen LogP contribution is -2.13. The van der Waals surface area contributed by atoms with Gasteiger partial charge in [-0.3, -0.25) is 4.79 Å². The standard InChI is InChI=1S/C20H15FN2O2/c21-16-4-2-1-3-13(16)14-7-5-11(9-18(22)25)20-19(14)15-8-6-12(24)10-17(15)23-20/h1-8,10,23-24H,9H2,(H2,22,25). The number of primary amides is 1. The Morgan fingerprint density at radius 2 is 1.88 bits per heavy atom. The van der Waals surface area contributed by atoms with Crippen molar-refractivity contribution in [1.29, 1.82) is 0 Å². The van der Waals surface area contributed by atoms with Gasteiger partial charge in [-0.2, -0.15) is 0 Å². The van der Waals surface area contributed by atoms with Gasteiger partial charge in [0.15, 0.2) is 0 Å². The average Bonchev–Trinajstić information content (AvgIpc) is 2.94. The molecule has 0 unspecified atom stereocenters. The zero-order valence-corrected chi connectivity index (χ0v) is 13.2. The van der Waals surface area contributed by atoms with E-state index in [1.54, 1.807) is 48.5 Å². The van der Waals surface area contributed by atoms with Crippen molar-refractivity contribution < 1.29 is 14.3 Å². The quantitative estimate of drug-likeness (QED) is 0.532. The zero-order chi connectivity index (χ0) is 17.6. The maximum absolute atomic E-state index is 14.4. The summed E-state index contributed by atoms with van der Waals surface area (Å²) >= 11 is 0. The number of aromatic amines is 1. The molecule has 0 aliphatic rings. The minimum atomic E-state index is -0.443. The Morgan fingerprint density at radius 1 is 1.08 bits per heavy atom. The Morgan fingerprint density at radius 3 is 2.64 bits per heavy atom. The molecule has 1 amide bonds. The van der Waals surface area contributed by atoms with E-state index in [0.29, 0.717) is 11.1 Å². The van der Waals surface area contributed by atoms with E-state index in [1.165, 1.54) is 6.07 Å². The number of H-pyrrole nitrogens is 1. The average molecular weight is 334 g/mol. The van der Waals surface area contributed by atoms with Gasteiger partial charge in [0.1, 0.15) is 11.6 Å². The highest BCUT2D eigenvalue weighted by Crippen LogP contribution is 2.38. The summed E-state index contributed by atoms with van der Waals surface area (Å²) in [5.41, 5.74) is 8.72. The normalized spacial score (nSPS) is 11.2. The van der Waals surface area contributed by atoms with Crippen LogP contribution in [0.25, 0.3) is 32.9 Å². The molecule has 0 aliphatic heterocycles. The molecule has 0 radical (unpaired) electrons. The molecule has 0 bridgehead atoms. The van der Waals surface area contributed by atoms with Crippen LogP contribution in [-0.2, 0) is 11.2 Å². The molecule has 0 atom stereocenters. The highest BCUT2D eigenvalue weighted by molar-refractivity contribution is 6.15. The molecule has 3 aromatic carbocycles. The van der Waals surface area contributed by atoms with Crippen molar-refractivity contribution in [3.05, 3.63) is 66.0 Å². The minimum Gasteiger partial charge on any atom is -0.508 e. The van der Waals surface area contributed by atoms with Gasteiger partial charge in [-0.1, -0.05) is 30.3 Å². The number of nitrogens with one attached hydrogen (secondary N) is 1. The van der Waals surface area contributed by atoms with Crippen molar-refractivity contribution in [2.24, 2.45) is 5.73 Å². The lowest BCUT2D eigenvalue weighted by atomic mass is 9.96. The number of carbonyl (C=O) groups excluding carboxylic acids is 1. The van der Waals surface area contributed by atoms with Gasteiger partial charge in [0, 0.05) is 22.4 Å². The zero-order valence-electron chi connectivity index (χ0n) is 13.2. The van der Waals surface area contributed by atoms with Crippen molar-refractivity contribution in [2.75, 3.05) is 0 Å². The summed E-state index contributed by atoms with van der Waals surface area (Å²) < 4.78 is 14.4. The highest BCUT2D eigenvalue weighted by Gasteiger charge is 2.17. The van der Waals surface area contributed by atoms with Gasteiger partial charge in [0.05, 0.1) is 17.5 Å². The third-order valence-electron chi connectivity index (χ3n) is 4.35. The number of amides is 1. The van der Waals surface area contributed by atoms with Gasteiger partial charge < -0.3 is 15.8 Å². The first-order valence-corrected chi connectivity index (χ1v) is 7.84. The first-order chi connectivity index (χ1) is 12.0. The van der Waals surface area contributed by atoms with Gasteiger partial charge in [0.2, 0.25) is 5.91 Å². The third-order valence-corrected chi connectivity index (χ3v) is 4.35. The number of phenols is 1. The Bertz CT molecular complexity index is 1130. The van der Waals surface area contributed by atoms with Crippen LogP contribution < -0.4 is 5.73 Å². The Labute approximate surface area is 142 Å². The minimum absolute atomic E-state index is 0.0762. The summed E-state index contributed by atoms with van der Waals surface area (Å²) in [7, 11) is 0. The second-order valence-corrected chi connectivity index (χ2v) is 6.00. The molecule has 4 rings (SSSR count). The van der Waals surface area contributed by atoms with E-state index in [4.69, 9.17) is 5.73 Å². The van der Waals surface area contributed by atoms with Crippen molar-refractivity contribution in [3.63, 3.8) is 0 Å². The number of phenolic OH excluding ortho intramolecular Hbond substituents is 1. The molecular weight excluding hydrogens is 319 g/mol. The topological polar surface area (TPSA) is 79.1 Å². The monoisotopic (exact) mass is 334 g/mol. The van der Waals surface area contributed by atoms with Crippen LogP contribution >= 0.6 is 0 Å². The number of fused-ring (bicyclic) bond motifs is 3. The smallest absolute Gasteiger partial charge is 0.221 e. The molecule has 4 aromatic rings. The number of carbonyl (C=O) groups is 1. The summed E-state index contributed by atoms with van der Waals surface area (Å²) in [6, 6.07) is 15.1. The van der Waals surface area contributed by atoms with Crippen LogP contribution in [0.3, 0.4) is 0 Å². The lowest BCUT2D eigenvalue weighted by molar-refractivity contribution is -0.117. The summed E-state index contributed by atoms with van der Waals surface area (Å²) in [6.45, 7) is 0. The molecule has 1 aromatic heterocycles. The highest BCUT2D eigenvalue weighted by atomic mass is 19.1. The van der Waals surface area contributed by atoms with Gasteiger partial charge >= 0.3 is 0 Å². The Balaban J connectivity index is 2.12. The number of halogens is 1. The number of aromatic nitrogens is 1. The van der Waals surface area contributed by atoms with Crippen LogP contribution in [-0.4, -0.2) is 16.0 Å². The Kier molecular flexibility index (Phi) is 3.42. The van der Waals surface area contributed by atoms with Crippen LogP contribution in [0.5, 0.6) is 5.75 Å². The summed E-state index contributed by atoms with van der Waals surface area (Å²) in [6.07, 6.45) is 0.0762. The molecule has 5 heteroatoms. The molecule has 0 saturated carbocycles. The molecule has 0 saturated heterocycles. The first-order valence-electron chi connectivity index (χ1n) is 7.84. The van der Waals surface area contributed by atoms with Crippen molar-refractivity contribution in [1.82, 2.24) is 4.98 Å². The van der Waals surface area contributed by atoms with Gasteiger partial charge in [-0.05, 0) is 29.3 Å². The molecule has 4 N–H and O–H groups in total. The van der Waals surface area contributed by atoms with Crippen LogP contribution in [0, 0.1) is 5.82 Å². The molecule has 4 nitrogen and oxygen atoms in total. The second kappa shape index (κ2) is 5.63. The van der Waals surface area contributed by atoms with Crippen molar-refractivity contribution >= 4 is 27.7 Å².